The predicted octanol–water partition coefficient (Wildman–Crippen LogP) is 1.75. The van der Waals surface area contributed by atoms with Gasteiger partial charge in [-0.15, -0.1) is 0 Å². The average Bonchev–Trinajstić information content (AvgIpc) is 2.77. The van der Waals surface area contributed by atoms with Crippen LogP contribution in [0, 0.1) is 0 Å². The van der Waals surface area contributed by atoms with Crippen molar-refractivity contribution in [1.82, 2.24) is 15.3 Å². The maximum atomic E-state index is 4.55. The Balaban J connectivity index is 2.07. The predicted molar refractivity (Wildman–Crippen MR) is 58.0 cm³/mol. The summed E-state index contributed by atoms with van der Waals surface area (Å²) in [6.45, 7) is 1.75. The molecule has 1 N–H and O–H groups in total. The van der Waals surface area contributed by atoms with Crippen LogP contribution in [0.5, 0.6) is 0 Å². The van der Waals surface area contributed by atoms with Gasteiger partial charge in [-0.2, -0.15) is 0 Å². The zero-order valence-electron chi connectivity index (χ0n) is 8.27. The molecule has 2 heterocycles. The monoisotopic (exact) mass is 197 g/mol. The van der Waals surface area contributed by atoms with Crippen LogP contribution in [-0.2, 0) is 13.1 Å². The standard InChI is InChI=1S/C12H11N3/c1-2-4-9(5-3-1)12-14-7-10-6-13-8-11(10)15-12/h1-5,7,13H,6,8H2. The molecule has 0 saturated carbocycles. The first-order chi connectivity index (χ1) is 7.43. The minimum Gasteiger partial charge on any atom is -0.307 e. The van der Waals surface area contributed by atoms with E-state index in [-0.39, 0.29) is 0 Å². The Morgan fingerprint density at radius 3 is 2.80 bits per heavy atom. The summed E-state index contributed by atoms with van der Waals surface area (Å²) < 4.78 is 0. The van der Waals surface area contributed by atoms with Gasteiger partial charge in [0.25, 0.3) is 0 Å². The highest BCUT2D eigenvalue weighted by molar-refractivity contribution is 5.54. The van der Waals surface area contributed by atoms with E-state index in [1.165, 1.54) is 5.56 Å². The normalized spacial score (nSPS) is 13.9. The van der Waals surface area contributed by atoms with Crippen molar-refractivity contribution in [2.45, 2.75) is 13.1 Å². The number of aromatic nitrogens is 2. The third-order valence-corrected chi connectivity index (χ3v) is 2.59. The molecule has 0 fully saturated rings. The quantitative estimate of drug-likeness (QED) is 0.756. The lowest BCUT2D eigenvalue weighted by molar-refractivity contribution is 0.758. The van der Waals surface area contributed by atoms with Crippen molar-refractivity contribution in [3.05, 3.63) is 47.8 Å². The summed E-state index contributed by atoms with van der Waals surface area (Å²) in [5, 5.41) is 3.26. The lowest BCUT2D eigenvalue weighted by Gasteiger charge is -2.01. The molecule has 0 spiro atoms. The molecule has 1 aromatic heterocycles. The second-order valence-electron chi connectivity index (χ2n) is 3.64. The van der Waals surface area contributed by atoms with Crippen molar-refractivity contribution in [3.8, 4) is 11.4 Å². The maximum absolute atomic E-state index is 4.55. The molecule has 0 radical (unpaired) electrons. The summed E-state index contributed by atoms with van der Waals surface area (Å²) in [7, 11) is 0. The first kappa shape index (κ1) is 8.56. The Labute approximate surface area is 88.2 Å². The number of nitrogens with one attached hydrogen (secondary N) is 1. The van der Waals surface area contributed by atoms with Gasteiger partial charge in [0.1, 0.15) is 0 Å². The van der Waals surface area contributed by atoms with Crippen molar-refractivity contribution in [3.63, 3.8) is 0 Å². The maximum Gasteiger partial charge on any atom is 0.159 e. The van der Waals surface area contributed by atoms with Gasteiger partial charge in [-0.3, -0.25) is 0 Å². The third kappa shape index (κ3) is 1.51. The second-order valence-corrected chi connectivity index (χ2v) is 3.64. The van der Waals surface area contributed by atoms with Gasteiger partial charge in [0.2, 0.25) is 0 Å². The number of fused-ring (bicyclic) bond motifs is 1. The molecule has 3 rings (SSSR count). The van der Waals surface area contributed by atoms with Gasteiger partial charge in [-0.05, 0) is 0 Å². The number of rotatable bonds is 1. The Morgan fingerprint density at radius 1 is 1.07 bits per heavy atom. The fourth-order valence-corrected chi connectivity index (χ4v) is 1.78. The number of hydrogen-bond acceptors (Lipinski definition) is 3. The molecule has 0 unspecified atom stereocenters. The highest BCUT2D eigenvalue weighted by Crippen LogP contribution is 2.18. The van der Waals surface area contributed by atoms with E-state index < -0.39 is 0 Å². The molecule has 74 valence electrons. The largest absolute Gasteiger partial charge is 0.307 e. The fraction of sp³-hybridized carbons (Fsp3) is 0.167. The molecule has 3 nitrogen and oxygen atoms in total. The van der Waals surface area contributed by atoms with Crippen LogP contribution in [0.3, 0.4) is 0 Å². The third-order valence-electron chi connectivity index (χ3n) is 2.59. The summed E-state index contributed by atoms with van der Waals surface area (Å²) >= 11 is 0. The number of benzene rings is 1. The molecule has 0 aliphatic carbocycles. The van der Waals surface area contributed by atoms with Crippen molar-refractivity contribution >= 4 is 0 Å². The van der Waals surface area contributed by atoms with Crippen LogP contribution in [0.25, 0.3) is 11.4 Å². The Morgan fingerprint density at radius 2 is 1.93 bits per heavy atom. The zero-order valence-corrected chi connectivity index (χ0v) is 8.27. The lowest BCUT2D eigenvalue weighted by atomic mass is 10.2. The topological polar surface area (TPSA) is 37.8 Å². The molecule has 2 aromatic rings. The number of hydrogen-bond donors (Lipinski definition) is 1. The fourth-order valence-electron chi connectivity index (χ4n) is 1.78. The summed E-state index contributed by atoms with van der Waals surface area (Å²) in [4.78, 5) is 8.92. The van der Waals surface area contributed by atoms with E-state index >= 15 is 0 Å². The minimum atomic E-state index is 0.818. The van der Waals surface area contributed by atoms with E-state index in [9.17, 15) is 0 Å². The van der Waals surface area contributed by atoms with E-state index in [2.05, 4.69) is 15.3 Å². The molecule has 3 heteroatoms. The first-order valence-electron chi connectivity index (χ1n) is 5.04. The van der Waals surface area contributed by atoms with Crippen LogP contribution < -0.4 is 5.32 Å². The minimum absolute atomic E-state index is 0.818. The van der Waals surface area contributed by atoms with Crippen molar-refractivity contribution < 1.29 is 0 Å². The SMILES string of the molecule is c1ccc(-c2ncc3c(n2)CNC3)cc1. The molecule has 0 bridgehead atoms. The van der Waals surface area contributed by atoms with Gasteiger partial charge in [-0.1, -0.05) is 30.3 Å². The summed E-state index contributed by atoms with van der Waals surface area (Å²) in [6, 6.07) is 10.1. The van der Waals surface area contributed by atoms with Crippen LogP contribution >= 0.6 is 0 Å². The van der Waals surface area contributed by atoms with Crippen molar-refractivity contribution in [2.75, 3.05) is 0 Å². The highest BCUT2D eigenvalue weighted by Gasteiger charge is 2.12. The molecule has 0 amide bonds. The number of nitrogens with zero attached hydrogens (tertiary/aromatic N) is 2. The molecule has 1 aliphatic heterocycles. The van der Waals surface area contributed by atoms with Crippen LogP contribution in [0.15, 0.2) is 36.5 Å². The summed E-state index contributed by atoms with van der Waals surface area (Å²) in [6.07, 6.45) is 1.92. The molecule has 1 aromatic carbocycles. The molecule has 15 heavy (non-hydrogen) atoms. The first-order valence-corrected chi connectivity index (χ1v) is 5.04. The van der Waals surface area contributed by atoms with Crippen LogP contribution in [-0.4, -0.2) is 9.97 Å². The smallest absolute Gasteiger partial charge is 0.159 e. The van der Waals surface area contributed by atoms with E-state index in [4.69, 9.17) is 0 Å². The highest BCUT2D eigenvalue weighted by atomic mass is 15.0. The van der Waals surface area contributed by atoms with E-state index in [1.807, 2.05) is 36.5 Å². The van der Waals surface area contributed by atoms with E-state index in [1.54, 1.807) is 0 Å². The molecule has 0 saturated heterocycles. The van der Waals surface area contributed by atoms with Gasteiger partial charge in [-0.25, -0.2) is 9.97 Å². The van der Waals surface area contributed by atoms with Gasteiger partial charge in [0, 0.05) is 30.4 Å². The van der Waals surface area contributed by atoms with Gasteiger partial charge >= 0.3 is 0 Å². The van der Waals surface area contributed by atoms with E-state index in [0.717, 1.165) is 30.2 Å². The zero-order chi connectivity index (χ0) is 10.1. The van der Waals surface area contributed by atoms with Crippen molar-refractivity contribution in [1.29, 1.82) is 0 Å². The van der Waals surface area contributed by atoms with Crippen LogP contribution in [0.1, 0.15) is 11.3 Å². The summed E-state index contributed by atoms with van der Waals surface area (Å²) in [5.74, 6) is 0.818. The molecule has 1 aliphatic rings. The van der Waals surface area contributed by atoms with Gasteiger partial charge in [0.05, 0.1) is 5.69 Å². The lowest BCUT2D eigenvalue weighted by Crippen LogP contribution is -2.00. The van der Waals surface area contributed by atoms with Gasteiger partial charge in [0.15, 0.2) is 5.82 Å². The Bertz CT molecular complexity index is 479. The summed E-state index contributed by atoms with van der Waals surface area (Å²) in [5.41, 5.74) is 3.42. The van der Waals surface area contributed by atoms with Crippen LogP contribution in [0.2, 0.25) is 0 Å². The van der Waals surface area contributed by atoms with Crippen LogP contribution in [0.4, 0.5) is 0 Å². The molecule has 0 atom stereocenters. The Hall–Kier alpha value is -1.74. The van der Waals surface area contributed by atoms with Gasteiger partial charge < -0.3 is 5.32 Å². The Kier molecular flexibility index (Phi) is 1.96. The molecular weight excluding hydrogens is 186 g/mol. The van der Waals surface area contributed by atoms with Crippen molar-refractivity contribution in [2.24, 2.45) is 0 Å². The second kappa shape index (κ2) is 3.44. The molecular formula is C12H11N3. The average molecular weight is 197 g/mol. The van der Waals surface area contributed by atoms with E-state index in [0.29, 0.717) is 0 Å².